The Balaban J connectivity index is 1.61. The summed E-state index contributed by atoms with van der Waals surface area (Å²) in [5.74, 6) is 2.35. The number of thiophene rings is 1. The summed E-state index contributed by atoms with van der Waals surface area (Å²) in [6.45, 7) is 0. The summed E-state index contributed by atoms with van der Waals surface area (Å²) in [7, 11) is 3.31. The lowest BCUT2D eigenvalue weighted by Crippen LogP contribution is -2.33. The quantitative estimate of drug-likeness (QED) is 0.485. The maximum absolute atomic E-state index is 6.43. The molecule has 29 heavy (non-hydrogen) atoms. The second-order valence-electron chi connectivity index (χ2n) is 6.87. The van der Waals surface area contributed by atoms with Crippen LogP contribution in [-0.4, -0.2) is 24.9 Å². The molecule has 0 saturated heterocycles. The topological polar surface area (TPSA) is 43.3 Å². The Hall–Kier alpha value is -2.51. The van der Waals surface area contributed by atoms with Crippen LogP contribution in [0.4, 0.5) is 0 Å². The minimum atomic E-state index is -0.378. The zero-order valence-electron chi connectivity index (χ0n) is 16.0. The molecule has 148 valence electrons. The highest BCUT2D eigenvalue weighted by Gasteiger charge is 2.42. The number of hydrazone groups is 1. The summed E-state index contributed by atoms with van der Waals surface area (Å²) >= 11 is 5.26. The van der Waals surface area contributed by atoms with Gasteiger partial charge < -0.3 is 14.2 Å². The van der Waals surface area contributed by atoms with Gasteiger partial charge in [0.25, 0.3) is 0 Å². The molecule has 0 bridgehead atoms. The third-order valence-corrected chi connectivity index (χ3v) is 6.94. The fourth-order valence-electron chi connectivity index (χ4n) is 3.88. The summed E-state index contributed by atoms with van der Waals surface area (Å²) in [6.07, 6.45) is 0.458. The number of benzene rings is 2. The molecule has 2 aliphatic heterocycles. The molecule has 0 N–H and O–H groups in total. The van der Waals surface area contributed by atoms with Crippen LogP contribution in [0.25, 0.3) is 0 Å². The second-order valence-corrected chi connectivity index (χ2v) is 9.33. The van der Waals surface area contributed by atoms with E-state index in [2.05, 4.69) is 39.1 Å². The number of hydrogen-bond acceptors (Lipinski definition) is 6. The number of halogens is 1. The monoisotopic (exact) mass is 470 g/mol. The molecule has 0 radical (unpaired) electrons. The molecule has 0 fully saturated rings. The van der Waals surface area contributed by atoms with Crippen LogP contribution in [-0.2, 0) is 0 Å². The maximum atomic E-state index is 6.43. The predicted octanol–water partition coefficient (Wildman–Crippen LogP) is 5.77. The van der Waals surface area contributed by atoms with E-state index in [1.54, 1.807) is 25.6 Å². The Bertz CT molecular complexity index is 1100. The summed E-state index contributed by atoms with van der Waals surface area (Å²) in [5, 5.41) is 7.06. The van der Waals surface area contributed by atoms with Crippen molar-refractivity contribution in [1.82, 2.24) is 5.01 Å². The molecule has 0 saturated carbocycles. The average molecular weight is 471 g/mol. The van der Waals surface area contributed by atoms with Gasteiger partial charge in [0.05, 0.1) is 40.2 Å². The number of fused-ring (bicyclic) bond motifs is 3. The molecule has 3 aromatic rings. The van der Waals surface area contributed by atoms with Crippen molar-refractivity contribution in [2.75, 3.05) is 14.2 Å². The first-order valence-electron chi connectivity index (χ1n) is 9.27. The molecular weight excluding hydrogens is 452 g/mol. The lowest BCUT2D eigenvalue weighted by atomic mass is 9.97. The standard InChI is InChI=1S/C22H19BrN2O3S/c1-26-13-7-8-15(19(11-13)27-2)22-25-17(14-5-3-4-6-18(14)28-22)12-16(24-25)20-9-10-21(23)29-20/h3-11,17,22H,12H2,1-2H3/t17-,22-/m0/s1. The highest BCUT2D eigenvalue weighted by molar-refractivity contribution is 9.11. The van der Waals surface area contributed by atoms with Crippen LogP contribution in [0.3, 0.4) is 0 Å². The van der Waals surface area contributed by atoms with Crippen molar-refractivity contribution in [2.45, 2.75) is 18.7 Å². The number of rotatable bonds is 4. The lowest BCUT2D eigenvalue weighted by molar-refractivity contribution is -0.0203. The molecule has 2 aromatic carbocycles. The van der Waals surface area contributed by atoms with Crippen LogP contribution >= 0.6 is 27.3 Å². The highest BCUT2D eigenvalue weighted by atomic mass is 79.9. The van der Waals surface area contributed by atoms with E-state index in [-0.39, 0.29) is 12.3 Å². The molecule has 5 nitrogen and oxygen atoms in total. The van der Waals surface area contributed by atoms with Crippen molar-refractivity contribution in [1.29, 1.82) is 0 Å². The molecule has 0 spiro atoms. The first kappa shape index (κ1) is 18.5. The van der Waals surface area contributed by atoms with E-state index >= 15 is 0 Å². The van der Waals surface area contributed by atoms with Crippen LogP contribution in [0.15, 0.2) is 63.5 Å². The van der Waals surface area contributed by atoms with Gasteiger partial charge in [0.15, 0.2) is 0 Å². The molecule has 0 unspecified atom stereocenters. The van der Waals surface area contributed by atoms with Gasteiger partial charge in [-0.2, -0.15) is 5.10 Å². The number of hydrogen-bond donors (Lipinski definition) is 0. The molecule has 2 aliphatic rings. The van der Waals surface area contributed by atoms with Gasteiger partial charge in [0.2, 0.25) is 6.23 Å². The summed E-state index contributed by atoms with van der Waals surface area (Å²) < 4.78 is 18.5. The van der Waals surface area contributed by atoms with Gasteiger partial charge in [0, 0.05) is 18.1 Å². The summed E-state index contributed by atoms with van der Waals surface area (Å²) in [6, 6.07) is 18.3. The van der Waals surface area contributed by atoms with E-state index in [1.165, 1.54) is 4.88 Å². The first-order chi connectivity index (χ1) is 14.2. The number of para-hydroxylation sites is 1. The first-order valence-corrected chi connectivity index (χ1v) is 10.9. The Morgan fingerprint density at radius 1 is 1.07 bits per heavy atom. The number of nitrogens with zero attached hydrogens (tertiary/aromatic N) is 2. The molecule has 7 heteroatoms. The largest absolute Gasteiger partial charge is 0.497 e. The Kier molecular flexibility index (Phi) is 4.72. The van der Waals surface area contributed by atoms with Crippen molar-refractivity contribution in [3.8, 4) is 17.2 Å². The van der Waals surface area contributed by atoms with E-state index in [9.17, 15) is 0 Å². The lowest BCUT2D eigenvalue weighted by Gasteiger charge is -2.38. The van der Waals surface area contributed by atoms with Gasteiger partial charge >= 0.3 is 0 Å². The van der Waals surface area contributed by atoms with Crippen LogP contribution in [0.1, 0.15) is 34.7 Å². The Morgan fingerprint density at radius 3 is 2.69 bits per heavy atom. The molecule has 5 rings (SSSR count). The second kappa shape index (κ2) is 7.39. The van der Waals surface area contributed by atoms with Crippen molar-refractivity contribution >= 4 is 33.0 Å². The Morgan fingerprint density at radius 2 is 1.93 bits per heavy atom. The molecule has 3 heterocycles. The molecule has 1 aromatic heterocycles. The van der Waals surface area contributed by atoms with E-state index in [0.29, 0.717) is 0 Å². The number of ether oxygens (including phenoxy) is 3. The predicted molar refractivity (Wildman–Crippen MR) is 117 cm³/mol. The van der Waals surface area contributed by atoms with Crippen LogP contribution in [0.2, 0.25) is 0 Å². The molecule has 0 aliphatic carbocycles. The van der Waals surface area contributed by atoms with Crippen molar-refractivity contribution in [2.24, 2.45) is 5.10 Å². The Labute approximate surface area is 181 Å². The summed E-state index contributed by atoms with van der Waals surface area (Å²) in [4.78, 5) is 1.17. The van der Waals surface area contributed by atoms with Gasteiger partial charge in [-0.3, -0.25) is 0 Å². The molecule has 2 atom stereocenters. The fraction of sp³-hybridized carbons (Fsp3) is 0.227. The van der Waals surface area contributed by atoms with E-state index < -0.39 is 0 Å². The van der Waals surface area contributed by atoms with Crippen molar-refractivity contribution in [3.05, 3.63) is 74.4 Å². The third kappa shape index (κ3) is 3.18. The van der Waals surface area contributed by atoms with E-state index in [4.69, 9.17) is 19.3 Å². The van der Waals surface area contributed by atoms with Gasteiger partial charge in [-0.25, -0.2) is 5.01 Å². The maximum Gasteiger partial charge on any atom is 0.217 e. The van der Waals surface area contributed by atoms with Gasteiger partial charge in [-0.1, -0.05) is 18.2 Å². The zero-order chi connectivity index (χ0) is 20.0. The third-order valence-electron chi connectivity index (χ3n) is 5.26. The van der Waals surface area contributed by atoms with Crippen molar-refractivity contribution < 1.29 is 14.2 Å². The summed E-state index contributed by atoms with van der Waals surface area (Å²) in [5.41, 5.74) is 3.15. The average Bonchev–Trinajstić information content (AvgIpc) is 3.39. The van der Waals surface area contributed by atoms with Gasteiger partial charge in [-0.05, 0) is 46.3 Å². The van der Waals surface area contributed by atoms with Crippen LogP contribution in [0.5, 0.6) is 17.2 Å². The minimum absolute atomic E-state index is 0.118. The van der Waals surface area contributed by atoms with E-state index in [1.807, 2.05) is 36.4 Å². The van der Waals surface area contributed by atoms with Crippen LogP contribution in [0, 0.1) is 0 Å². The molecular formula is C22H19BrN2O3S. The highest BCUT2D eigenvalue weighted by Crippen LogP contribution is 2.49. The van der Waals surface area contributed by atoms with Crippen LogP contribution < -0.4 is 14.2 Å². The SMILES string of the molecule is COc1ccc([C@@H]2Oc3ccccc3[C@@H]3CC(c4ccc(Br)s4)=NN32)c(OC)c1. The number of methoxy groups -OCH3 is 2. The van der Waals surface area contributed by atoms with Gasteiger partial charge in [0.1, 0.15) is 17.2 Å². The zero-order valence-corrected chi connectivity index (χ0v) is 18.4. The van der Waals surface area contributed by atoms with E-state index in [0.717, 1.165) is 44.3 Å². The van der Waals surface area contributed by atoms with Gasteiger partial charge in [-0.15, -0.1) is 11.3 Å². The minimum Gasteiger partial charge on any atom is -0.497 e. The fourth-order valence-corrected chi connectivity index (χ4v) is 5.26. The molecule has 0 amide bonds. The smallest absolute Gasteiger partial charge is 0.217 e. The normalized spacial score (nSPS) is 19.8. The van der Waals surface area contributed by atoms with Crippen molar-refractivity contribution in [3.63, 3.8) is 0 Å².